The molecule has 160 valence electrons. The first kappa shape index (κ1) is 19.9. The summed E-state index contributed by atoms with van der Waals surface area (Å²) in [6.07, 6.45) is 9.67. The van der Waals surface area contributed by atoms with Crippen LogP contribution in [-0.2, 0) is 11.2 Å². The molecule has 7 heteroatoms. The molecule has 30 heavy (non-hydrogen) atoms. The lowest BCUT2D eigenvalue weighted by Crippen LogP contribution is -2.40. The van der Waals surface area contributed by atoms with E-state index in [-0.39, 0.29) is 11.9 Å². The molecule has 0 spiro atoms. The van der Waals surface area contributed by atoms with E-state index in [0.29, 0.717) is 12.6 Å². The molecule has 1 saturated carbocycles. The minimum absolute atomic E-state index is 0.0946. The zero-order valence-corrected chi connectivity index (χ0v) is 18.7. The molecule has 1 saturated heterocycles. The lowest BCUT2D eigenvalue weighted by Gasteiger charge is -2.36. The highest BCUT2D eigenvalue weighted by Crippen LogP contribution is 2.44. The van der Waals surface area contributed by atoms with Gasteiger partial charge in [0.25, 0.3) is 0 Å². The van der Waals surface area contributed by atoms with Crippen LogP contribution in [0, 0.1) is 0 Å². The number of nitrogens with zero attached hydrogens (tertiary/aromatic N) is 4. The van der Waals surface area contributed by atoms with Gasteiger partial charge in [0.15, 0.2) is 0 Å². The monoisotopic (exact) mass is 426 g/mol. The molecule has 1 aromatic carbocycles. The van der Waals surface area contributed by atoms with E-state index in [1.165, 1.54) is 25.0 Å². The quantitative estimate of drug-likeness (QED) is 0.645. The second-order valence-corrected chi connectivity index (χ2v) is 9.80. The van der Waals surface area contributed by atoms with E-state index < -0.39 is 0 Å². The fourth-order valence-corrected chi connectivity index (χ4v) is 5.60. The maximum Gasteiger partial charge on any atom is 0.224 e. The van der Waals surface area contributed by atoms with Crippen LogP contribution in [-0.4, -0.2) is 51.5 Å². The number of carbonyl (C=O) groups is 1. The molecule has 3 heterocycles. The molecule has 1 aliphatic carbocycles. The maximum atomic E-state index is 12.4. The van der Waals surface area contributed by atoms with Crippen molar-refractivity contribution < 1.29 is 9.53 Å². The largest absolute Gasteiger partial charge is 0.491 e. The van der Waals surface area contributed by atoms with Crippen LogP contribution in [0.2, 0.25) is 0 Å². The Bertz CT molecular complexity index is 933. The average Bonchev–Trinajstić information content (AvgIpc) is 3.23. The first-order valence-corrected chi connectivity index (χ1v) is 12.1. The molecule has 2 aliphatic heterocycles. The lowest BCUT2D eigenvalue weighted by molar-refractivity contribution is -0.117. The Hall–Kier alpha value is -1.99. The number of carbonyl (C=O) groups excluding carboxylic acids is 1. The van der Waals surface area contributed by atoms with Gasteiger partial charge in [0, 0.05) is 54.7 Å². The molecule has 1 amide bonds. The summed E-state index contributed by atoms with van der Waals surface area (Å²) in [4.78, 5) is 14.3. The van der Waals surface area contributed by atoms with E-state index in [4.69, 9.17) is 4.74 Å². The summed E-state index contributed by atoms with van der Waals surface area (Å²) in [5, 5.41) is 4.59. The molecule has 0 bridgehead atoms. The summed E-state index contributed by atoms with van der Waals surface area (Å²) in [5.41, 5.74) is 4.36. The molecular weight excluding hydrogens is 396 g/mol. The summed E-state index contributed by atoms with van der Waals surface area (Å²) in [6, 6.07) is 4.98. The molecule has 3 aliphatic rings. The van der Waals surface area contributed by atoms with E-state index in [9.17, 15) is 4.79 Å². The Kier molecular flexibility index (Phi) is 5.50. The first-order chi connectivity index (χ1) is 14.6. The molecular formula is C23H30N4O2S. The smallest absolute Gasteiger partial charge is 0.224 e. The van der Waals surface area contributed by atoms with Crippen molar-refractivity contribution in [1.82, 2.24) is 14.1 Å². The molecule has 1 unspecified atom stereocenters. The van der Waals surface area contributed by atoms with Gasteiger partial charge in [-0.3, -0.25) is 9.48 Å². The van der Waals surface area contributed by atoms with E-state index in [0.717, 1.165) is 54.1 Å². The number of rotatable bonds is 6. The molecule has 1 atom stereocenters. The van der Waals surface area contributed by atoms with Crippen LogP contribution in [0.5, 0.6) is 5.75 Å². The summed E-state index contributed by atoms with van der Waals surface area (Å²) >= 11 is 1.91. The van der Waals surface area contributed by atoms with Gasteiger partial charge in [-0.1, -0.05) is 11.9 Å². The van der Waals surface area contributed by atoms with Crippen LogP contribution in [0.25, 0.3) is 11.1 Å². The number of amides is 1. The zero-order chi connectivity index (χ0) is 20.7. The molecule has 2 aromatic rings. The minimum Gasteiger partial charge on any atom is -0.491 e. The van der Waals surface area contributed by atoms with Crippen molar-refractivity contribution in [2.24, 2.45) is 0 Å². The first-order valence-electron chi connectivity index (χ1n) is 11.1. The average molecular weight is 427 g/mol. The van der Waals surface area contributed by atoms with Crippen molar-refractivity contribution in [3.63, 3.8) is 0 Å². The predicted octanol–water partition coefficient (Wildman–Crippen LogP) is 4.31. The number of ether oxygens (including phenoxy) is 1. The lowest BCUT2D eigenvalue weighted by atomic mass is 9.92. The van der Waals surface area contributed by atoms with Gasteiger partial charge in [0.05, 0.1) is 17.9 Å². The van der Waals surface area contributed by atoms with Crippen molar-refractivity contribution in [1.29, 1.82) is 0 Å². The molecule has 6 nitrogen and oxygen atoms in total. The van der Waals surface area contributed by atoms with Crippen molar-refractivity contribution in [2.75, 3.05) is 30.3 Å². The van der Waals surface area contributed by atoms with Crippen molar-refractivity contribution in [3.8, 4) is 16.9 Å². The Morgan fingerprint density at radius 2 is 2.17 bits per heavy atom. The second kappa shape index (κ2) is 8.27. The Morgan fingerprint density at radius 3 is 2.90 bits per heavy atom. The normalized spacial score (nSPS) is 21.7. The van der Waals surface area contributed by atoms with Crippen LogP contribution in [0.15, 0.2) is 24.5 Å². The molecule has 0 N–H and O–H groups in total. The maximum absolute atomic E-state index is 12.4. The topological polar surface area (TPSA) is 50.6 Å². The van der Waals surface area contributed by atoms with Crippen molar-refractivity contribution in [3.05, 3.63) is 30.1 Å². The van der Waals surface area contributed by atoms with Crippen LogP contribution in [0.3, 0.4) is 0 Å². The summed E-state index contributed by atoms with van der Waals surface area (Å²) in [5.74, 6) is 2.24. The standard InChI is InChI=1S/C23H30N4O2S/c1-16-4-7-21-22(27(16)17(2)28)9-8-20(18-14-24-26(15-18)19-5-6-19)23(21)29-12-11-25-10-3-13-30-25/h8-9,14-16,19H,3-7,10-13H2,1-2H3. The highest BCUT2D eigenvalue weighted by Gasteiger charge is 2.31. The molecule has 2 fully saturated rings. The van der Waals surface area contributed by atoms with Crippen molar-refractivity contribution >= 4 is 23.5 Å². The SMILES string of the molecule is CC(=O)N1c2ccc(-c3cnn(C4CC4)c3)c(OCCN3CCCS3)c2CCC1C. The van der Waals surface area contributed by atoms with Gasteiger partial charge in [-0.2, -0.15) is 5.10 Å². The van der Waals surface area contributed by atoms with Gasteiger partial charge in [-0.15, -0.1) is 0 Å². The number of hydrogen-bond acceptors (Lipinski definition) is 5. The number of fused-ring (bicyclic) bond motifs is 1. The van der Waals surface area contributed by atoms with Gasteiger partial charge >= 0.3 is 0 Å². The van der Waals surface area contributed by atoms with E-state index in [1.54, 1.807) is 6.92 Å². The van der Waals surface area contributed by atoms with Crippen molar-refractivity contribution in [2.45, 2.75) is 58.0 Å². The highest BCUT2D eigenvalue weighted by atomic mass is 32.2. The number of aromatic nitrogens is 2. The third-order valence-corrected chi connectivity index (χ3v) is 7.54. The highest BCUT2D eigenvalue weighted by molar-refractivity contribution is 7.97. The number of hydrogen-bond donors (Lipinski definition) is 0. The Morgan fingerprint density at radius 1 is 1.30 bits per heavy atom. The summed E-state index contributed by atoms with van der Waals surface area (Å²) in [7, 11) is 0. The molecule has 1 aromatic heterocycles. The summed E-state index contributed by atoms with van der Waals surface area (Å²) < 4.78 is 11.0. The van der Waals surface area contributed by atoms with E-state index in [2.05, 4.69) is 39.3 Å². The van der Waals surface area contributed by atoms with Gasteiger partial charge in [0.1, 0.15) is 12.4 Å². The number of anilines is 1. The minimum atomic E-state index is 0.0946. The third-order valence-electron chi connectivity index (χ3n) is 6.33. The zero-order valence-electron chi connectivity index (χ0n) is 17.8. The third kappa shape index (κ3) is 3.85. The van der Waals surface area contributed by atoms with Gasteiger partial charge in [0.2, 0.25) is 5.91 Å². The van der Waals surface area contributed by atoms with Gasteiger partial charge in [-0.05, 0) is 51.2 Å². The van der Waals surface area contributed by atoms with Gasteiger partial charge in [-0.25, -0.2) is 4.31 Å². The molecule has 5 rings (SSSR count). The van der Waals surface area contributed by atoms with Crippen LogP contribution in [0.1, 0.15) is 51.1 Å². The Labute approximate surface area is 182 Å². The predicted molar refractivity (Wildman–Crippen MR) is 121 cm³/mol. The van der Waals surface area contributed by atoms with Crippen LogP contribution in [0.4, 0.5) is 5.69 Å². The van der Waals surface area contributed by atoms with Crippen LogP contribution < -0.4 is 9.64 Å². The summed E-state index contributed by atoms with van der Waals surface area (Å²) in [6.45, 7) is 6.50. The fourth-order valence-electron chi connectivity index (χ4n) is 4.62. The van der Waals surface area contributed by atoms with Gasteiger partial charge < -0.3 is 9.64 Å². The molecule has 0 radical (unpaired) electrons. The fraction of sp³-hybridized carbons (Fsp3) is 0.565. The van der Waals surface area contributed by atoms with Crippen LogP contribution >= 0.6 is 11.9 Å². The van der Waals surface area contributed by atoms with E-state index >= 15 is 0 Å². The Balaban J connectivity index is 1.49. The number of benzene rings is 1. The second-order valence-electron chi connectivity index (χ2n) is 8.62. The van der Waals surface area contributed by atoms with E-state index in [1.807, 2.05) is 23.0 Å².